The molecule has 126 valence electrons. The van der Waals surface area contributed by atoms with Crippen LogP contribution in [0.4, 0.5) is 11.4 Å². The molecule has 0 fully saturated rings. The molecule has 4 rings (SSSR count). The highest BCUT2D eigenvalue weighted by Crippen LogP contribution is 2.35. The lowest BCUT2D eigenvalue weighted by atomic mass is 9.92. The lowest BCUT2D eigenvalue weighted by molar-refractivity contribution is -0.384. The summed E-state index contributed by atoms with van der Waals surface area (Å²) in [5, 5.41) is 15.6. The SMILES string of the molecule is O=[N+]([O-])c1ccc2nc3c(c(NCc4ccccc4)c2c1)CCCC3. The van der Waals surface area contributed by atoms with E-state index in [4.69, 9.17) is 4.98 Å². The second-order valence-corrected chi connectivity index (χ2v) is 6.42. The van der Waals surface area contributed by atoms with Gasteiger partial charge in [0.05, 0.1) is 10.4 Å². The number of nitrogens with one attached hydrogen (secondary N) is 1. The van der Waals surface area contributed by atoms with Crippen LogP contribution in [0.15, 0.2) is 48.5 Å². The van der Waals surface area contributed by atoms with Crippen molar-refractivity contribution in [2.24, 2.45) is 0 Å². The van der Waals surface area contributed by atoms with Crippen LogP contribution >= 0.6 is 0 Å². The Balaban J connectivity index is 1.82. The Labute approximate surface area is 145 Å². The lowest BCUT2D eigenvalue weighted by Crippen LogP contribution is -2.11. The van der Waals surface area contributed by atoms with E-state index in [0.29, 0.717) is 6.54 Å². The number of nitro benzene ring substituents is 1. The molecular formula is C20H19N3O2. The van der Waals surface area contributed by atoms with Crippen LogP contribution in [-0.4, -0.2) is 9.91 Å². The molecule has 0 saturated heterocycles. The Morgan fingerprint density at radius 1 is 1.08 bits per heavy atom. The molecule has 0 atom stereocenters. The summed E-state index contributed by atoms with van der Waals surface area (Å²) in [4.78, 5) is 15.6. The summed E-state index contributed by atoms with van der Waals surface area (Å²) in [6.45, 7) is 0.690. The monoisotopic (exact) mass is 333 g/mol. The molecule has 0 radical (unpaired) electrons. The number of hydrogen-bond acceptors (Lipinski definition) is 4. The molecule has 0 aliphatic heterocycles. The van der Waals surface area contributed by atoms with E-state index in [1.165, 1.54) is 17.2 Å². The summed E-state index contributed by atoms with van der Waals surface area (Å²) in [6, 6.07) is 15.1. The molecular weight excluding hydrogens is 314 g/mol. The minimum Gasteiger partial charge on any atom is -0.380 e. The third kappa shape index (κ3) is 3.05. The van der Waals surface area contributed by atoms with Crippen molar-refractivity contribution in [1.82, 2.24) is 4.98 Å². The molecule has 0 unspecified atom stereocenters. The van der Waals surface area contributed by atoms with Crippen molar-refractivity contribution in [2.45, 2.75) is 32.2 Å². The molecule has 0 bridgehead atoms. The molecule has 2 aromatic carbocycles. The Morgan fingerprint density at radius 3 is 2.68 bits per heavy atom. The van der Waals surface area contributed by atoms with Gasteiger partial charge in [0.15, 0.2) is 0 Å². The van der Waals surface area contributed by atoms with Crippen molar-refractivity contribution in [3.63, 3.8) is 0 Å². The number of benzene rings is 2. The van der Waals surface area contributed by atoms with Crippen LogP contribution in [0.5, 0.6) is 0 Å². The van der Waals surface area contributed by atoms with E-state index in [1.54, 1.807) is 12.1 Å². The molecule has 5 heteroatoms. The van der Waals surface area contributed by atoms with Gasteiger partial charge in [-0.05, 0) is 42.9 Å². The van der Waals surface area contributed by atoms with Gasteiger partial charge in [-0.15, -0.1) is 0 Å². The first-order chi connectivity index (χ1) is 12.2. The van der Waals surface area contributed by atoms with E-state index in [0.717, 1.165) is 48.0 Å². The average Bonchev–Trinajstić information content (AvgIpc) is 2.65. The summed E-state index contributed by atoms with van der Waals surface area (Å²) < 4.78 is 0. The molecule has 5 nitrogen and oxygen atoms in total. The van der Waals surface area contributed by atoms with Crippen LogP contribution in [0.2, 0.25) is 0 Å². The van der Waals surface area contributed by atoms with Gasteiger partial charge in [-0.3, -0.25) is 15.1 Å². The van der Waals surface area contributed by atoms with E-state index in [1.807, 2.05) is 18.2 Å². The number of non-ortho nitro benzene ring substituents is 1. The fourth-order valence-corrected chi connectivity index (χ4v) is 3.51. The van der Waals surface area contributed by atoms with Gasteiger partial charge < -0.3 is 5.32 Å². The third-order valence-corrected chi connectivity index (χ3v) is 4.77. The minimum atomic E-state index is -0.347. The second-order valence-electron chi connectivity index (χ2n) is 6.42. The van der Waals surface area contributed by atoms with Gasteiger partial charge in [0.1, 0.15) is 0 Å². The standard InChI is InChI=1S/C20H19N3O2/c24-23(25)15-10-11-19-17(12-15)20(16-8-4-5-9-18(16)22-19)21-13-14-6-2-1-3-7-14/h1-3,6-7,10-12H,4-5,8-9,13H2,(H,21,22). The van der Waals surface area contributed by atoms with Crippen LogP contribution in [0, 0.1) is 10.1 Å². The van der Waals surface area contributed by atoms with E-state index in [9.17, 15) is 10.1 Å². The Morgan fingerprint density at radius 2 is 1.88 bits per heavy atom. The minimum absolute atomic E-state index is 0.104. The molecule has 0 spiro atoms. The topological polar surface area (TPSA) is 68.1 Å². The fraction of sp³-hybridized carbons (Fsp3) is 0.250. The number of rotatable bonds is 4. The van der Waals surface area contributed by atoms with Crippen LogP contribution in [0.3, 0.4) is 0 Å². The Bertz CT molecular complexity index is 939. The quantitative estimate of drug-likeness (QED) is 0.558. The van der Waals surface area contributed by atoms with Crippen molar-refractivity contribution in [3.8, 4) is 0 Å². The van der Waals surface area contributed by atoms with Crippen LogP contribution in [0.25, 0.3) is 10.9 Å². The van der Waals surface area contributed by atoms with Crippen LogP contribution in [-0.2, 0) is 19.4 Å². The largest absolute Gasteiger partial charge is 0.380 e. The molecule has 25 heavy (non-hydrogen) atoms. The predicted molar refractivity (Wildman–Crippen MR) is 98.8 cm³/mol. The van der Waals surface area contributed by atoms with Gasteiger partial charge in [0.25, 0.3) is 5.69 Å². The first-order valence-electron chi connectivity index (χ1n) is 8.60. The van der Waals surface area contributed by atoms with E-state index in [-0.39, 0.29) is 10.6 Å². The number of aromatic nitrogens is 1. The molecule has 1 N–H and O–H groups in total. The first kappa shape index (κ1) is 15.6. The molecule has 1 aliphatic rings. The second kappa shape index (κ2) is 6.51. The fourth-order valence-electron chi connectivity index (χ4n) is 3.51. The van der Waals surface area contributed by atoms with Crippen LogP contribution < -0.4 is 5.32 Å². The van der Waals surface area contributed by atoms with Crippen molar-refractivity contribution in [1.29, 1.82) is 0 Å². The van der Waals surface area contributed by atoms with Crippen molar-refractivity contribution >= 4 is 22.3 Å². The van der Waals surface area contributed by atoms with Crippen molar-refractivity contribution in [3.05, 3.63) is 75.5 Å². The zero-order chi connectivity index (χ0) is 17.2. The zero-order valence-corrected chi connectivity index (χ0v) is 13.9. The van der Waals surface area contributed by atoms with E-state index in [2.05, 4.69) is 17.4 Å². The normalized spacial score (nSPS) is 13.4. The number of nitro groups is 1. The first-order valence-corrected chi connectivity index (χ1v) is 8.60. The summed E-state index contributed by atoms with van der Waals surface area (Å²) in [5.74, 6) is 0. The Kier molecular flexibility index (Phi) is 4.06. The average molecular weight is 333 g/mol. The molecule has 3 aromatic rings. The highest BCUT2D eigenvalue weighted by atomic mass is 16.6. The van der Waals surface area contributed by atoms with E-state index < -0.39 is 0 Å². The molecule has 1 heterocycles. The number of fused-ring (bicyclic) bond motifs is 2. The summed E-state index contributed by atoms with van der Waals surface area (Å²) in [7, 11) is 0. The van der Waals surface area contributed by atoms with Crippen molar-refractivity contribution < 1.29 is 4.92 Å². The smallest absolute Gasteiger partial charge is 0.270 e. The highest BCUT2D eigenvalue weighted by Gasteiger charge is 2.19. The van der Waals surface area contributed by atoms with Gasteiger partial charge >= 0.3 is 0 Å². The van der Waals surface area contributed by atoms with Gasteiger partial charge in [0, 0.05) is 35.4 Å². The summed E-state index contributed by atoms with van der Waals surface area (Å²) >= 11 is 0. The number of hydrogen-bond donors (Lipinski definition) is 1. The number of aryl methyl sites for hydroxylation is 1. The van der Waals surface area contributed by atoms with Gasteiger partial charge in [-0.1, -0.05) is 30.3 Å². The molecule has 0 amide bonds. The third-order valence-electron chi connectivity index (χ3n) is 4.77. The van der Waals surface area contributed by atoms with Crippen molar-refractivity contribution in [2.75, 3.05) is 5.32 Å². The lowest BCUT2D eigenvalue weighted by Gasteiger charge is -2.21. The number of nitrogens with zero attached hydrogens (tertiary/aromatic N) is 2. The summed E-state index contributed by atoms with van der Waals surface area (Å²) in [6.07, 6.45) is 4.23. The predicted octanol–water partition coefficient (Wildman–Crippen LogP) is 4.63. The maximum Gasteiger partial charge on any atom is 0.270 e. The summed E-state index contributed by atoms with van der Waals surface area (Å²) in [5.41, 5.74) is 5.46. The molecule has 0 saturated carbocycles. The number of anilines is 1. The zero-order valence-electron chi connectivity index (χ0n) is 13.9. The van der Waals surface area contributed by atoms with E-state index >= 15 is 0 Å². The Hall–Kier alpha value is -2.95. The molecule has 1 aromatic heterocycles. The van der Waals surface area contributed by atoms with Crippen LogP contribution in [0.1, 0.15) is 29.7 Å². The maximum atomic E-state index is 11.2. The highest BCUT2D eigenvalue weighted by molar-refractivity contribution is 5.95. The van der Waals surface area contributed by atoms with Gasteiger partial charge in [0.2, 0.25) is 0 Å². The van der Waals surface area contributed by atoms with Gasteiger partial charge in [-0.25, -0.2) is 0 Å². The molecule has 1 aliphatic carbocycles. The number of pyridine rings is 1. The van der Waals surface area contributed by atoms with Gasteiger partial charge in [-0.2, -0.15) is 0 Å². The maximum absolute atomic E-state index is 11.2.